The van der Waals surface area contributed by atoms with E-state index >= 15 is 0 Å². The fourth-order valence-electron chi connectivity index (χ4n) is 2.84. The van der Waals surface area contributed by atoms with Gasteiger partial charge in [0.25, 0.3) is 5.91 Å². The molecule has 8 heteroatoms. The molecule has 0 heterocycles. The van der Waals surface area contributed by atoms with E-state index in [0.717, 1.165) is 15.8 Å². The van der Waals surface area contributed by atoms with Crippen LogP contribution in [0.25, 0.3) is 0 Å². The number of rotatable bonds is 9. The van der Waals surface area contributed by atoms with Gasteiger partial charge in [-0.05, 0) is 48.0 Å². The van der Waals surface area contributed by atoms with E-state index in [1.807, 2.05) is 42.5 Å². The van der Waals surface area contributed by atoms with Crippen LogP contribution in [0.5, 0.6) is 23.0 Å². The molecule has 0 aliphatic carbocycles. The van der Waals surface area contributed by atoms with Crippen LogP contribution in [-0.4, -0.2) is 33.5 Å². The van der Waals surface area contributed by atoms with Crippen molar-refractivity contribution < 1.29 is 23.7 Å². The molecule has 32 heavy (non-hydrogen) atoms. The van der Waals surface area contributed by atoms with Gasteiger partial charge < -0.3 is 18.9 Å². The molecular formula is C24H23BrN2O5. The topological polar surface area (TPSA) is 78.4 Å². The van der Waals surface area contributed by atoms with Gasteiger partial charge in [0.15, 0.2) is 0 Å². The van der Waals surface area contributed by atoms with Gasteiger partial charge in [0.1, 0.15) is 29.6 Å². The lowest BCUT2D eigenvalue weighted by atomic mass is 10.2. The fourth-order valence-corrected chi connectivity index (χ4v) is 3.22. The van der Waals surface area contributed by atoms with Crippen molar-refractivity contribution in [2.24, 2.45) is 5.10 Å². The van der Waals surface area contributed by atoms with Crippen LogP contribution >= 0.6 is 15.9 Å². The molecular weight excluding hydrogens is 476 g/mol. The Morgan fingerprint density at radius 2 is 1.66 bits per heavy atom. The predicted octanol–water partition coefficient (Wildman–Crippen LogP) is 4.82. The lowest BCUT2D eigenvalue weighted by Crippen LogP contribution is -2.17. The normalized spacial score (nSPS) is 10.6. The van der Waals surface area contributed by atoms with Crippen molar-refractivity contribution in [2.45, 2.75) is 6.61 Å². The van der Waals surface area contributed by atoms with Crippen molar-refractivity contribution in [3.05, 3.63) is 81.8 Å². The van der Waals surface area contributed by atoms with Crippen LogP contribution in [0.15, 0.2) is 70.2 Å². The maximum Gasteiger partial charge on any atom is 0.271 e. The number of ether oxygens (including phenoxy) is 4. The fraction of sp³-hybridized carbons (Fsp3) is 0.167. The second-order valence-electron chi connectivity index (χ2n) is 6.62. The lowest BCUT2D eigenvalue weighted by molar-refractivity contribution is 0.0954. The third-order valence-corrected chi connectivity index (χ3v) is 4.98. The van der Waals surface area contributed by atoms with Crippen molar-refractivity contribution in [3.63, 3.8) is 0 Å². The standard InChI is InChI=1S/C24H23BrN2O5/c1-29-20-6-4-5-16(9-20)15-32-23-8-7-19(25)10-18(23)14-26-27-24(28)17-11-21(30-2)13-22(12-17)31-3/h4-14H,15H2,1-3H3,(H,27,28). The summed E-state index contributed by atoms with van der Waals surface area (Å²) in [5.74, 6) is 2.02. The van der Waals surface area contributed by atoms with E-state index < -0.39 is 5.91 Å². The summed E-state index contributed by atoms with van der Waals surface area (Å²) in [5.41, 5.74) is 4.55. The molecule has 0 atom stereocenters. The second kappa shape index (κ2) is 11.2. The zero-order valence-electron chi connectivity index (χ0n) is 17.9. The molecule has 0 spiro atoms. The molecule has 3 rings (SSSR count). The Bertz CT molecular complexity index is 1100. The Balaban J connectivity index is 1.71. The monoisotopic (exact) mass is 498 g/mol. The zero-order chi connectivity index (χ0) is 22.9. The van der Waals surface area contributed by atoms with Crippen molar-refractivity contribution in [1.82, 2.24) is 5.43 Å². The summed E-state index contributed by atoms with van der Waals surface area (Å²) in [6.07, 6.45) is 1.53. The van der Waals surface area contributed by atoms with Crippen LogP contribution in [0.3, 0.4) is 0 Å². The van der Waals surface area contributed by atoms with Gasteiger partial charge in [-0.25, -0.2) is 5.43 Å². The molecule has 0 fully saturated rings. The van der Waals surface area contributed by atoms with Gasteiger partial charge >= 0.3 is 0 Å². The molecule has 0 aromatic heterocycles. The maximum atomic E-state index is 12.5. The summed E-state index contributed by atoms with van der Waals surface area (Å²) >= 11 is 3.45. The van der Waals surface area contributed by atoms with Crippen LogP contribution in [0.2, 0.25) is 0 Å². The van der Waals surface area contributed by atoms with Gasteiger partial charge in [0, 0.05) is 21.7 Å². The number of nitrogens with one attached hydrogen (secondary N) is 1. The Morgan fingerprint density at radius 3 is 2.34 bits per heavy atom. The van der Waals surface area contributed by atoms with Crippen LogP contribution < -0.4 is 24.4 Å². The van der Waals surface area contributed by atoms with Crippen LogP contribution in [-0.2, 0) is 6.61 Å². The number of methoxy groups -OCH3 is 3. The van der Waals surface area contributed by atoms with E-state index in [1.54, 1.807) is 25.3 Å². The quantitative estimate of drug-likeness (QED) is 0.338. The number of carbonyl (C=O) groups excluding carboxylic acids is 1. The minimum Gasteiger partial charge on any atom is -0.497 e. The highest BCUT2D eigenvalue weighted by Gasteiger charge is 2.10. The van der Waals surface area contributed by atoms with E-state index in [-0.39, 0.29) is 0 Å². The Labute approximate surface area is 195 Å². The van der Waals surface area contributed by atoms with E-state index in [1.165, 1.54) is 20.4 Å². The van der Waals surface area contributed by atoms with E-state index in [0.29, 0.717) is 35.0 Å². The van der Waals surface area contributed by atoms with Gasteiger partial charge in [-0.2, -0.15) is 5.10 Å². The Hall–Kier alpha value is -3.52. The average Bonchev–Trinajstić information content (AvgIpc) is 2.83. The van der Waals surface area contributed by atoms with E-state index in [2.05, 4.69) is 26.5 Å². The smallest absolute Gasteiger partial charge is 0.271 e. The summed E-state index contributed by atoms with van der Waals surface area (Å²) in [6.45, 7) is 0.357. The predicted molar refractivity (Wildman–Crippen MR) is 126 cm³/mol. The molecule has 166 valence electrons. The first kappa shape index (κ1) is 23.1. The number of hydrogen-bond acceptors (Lipinski definition) is 6. The van der Waals surface area contributed by atoms with Crippen molar-refractivity contribution >= 4 is 28.1 Å². The lowest BCUT2D eigenvalue weighted by Gasteiger charge is -2.11. The number of halogens is 1. The number of benzene rings is 3. The molecule has 1 amide bonds. The summed E-state index contributed by atoms with van der Waals surface area (Å²) in [4.78, 5) is 12.5. The zero-order valence-corrected chi connectivity index (χ0v) is 19.5. The average molecular weight is 499 g/mol. The third-order valence-electron chi connectivity index (χ3n) is 4.48. The summed E-state index contributed by atoms with van der Waals surface area (Å²) in [7, 11) is 4.67. The highest BCUT2D eigenvalue weighted by Crippen LogP contribution is 2.24. The number of hydrogen-bond donors (Lipinski definition) is 1. The largest absolute Gasteiger partial charge is 0.497 e. The Morgan fingerprint density at radius 1 is 0.938 bits per heavy atom. The molecule has 3 aromatic rings. The van der Waals surface area contributed by atoms with Gasteiger partial charge in [-0.15, -0.1) is 0 Å². The van der Waals surface area contributed by atoms with Crippen molar-refractivity contribution in [1.29, 1.82) is 0 Å². The molecule has 0 aliphatic heterocycles. The summed E-state index contributed by atoms with van der Waals surface area (Å²) in [5, 5.41) is 4.09. The van der Waals surface area contributed by atoms with Crippen LogP contribution in [0.4, 0.5) is 0 Å². The highest BCUT2D eigenvalue weighted by molar-refractivity contribution is 9.10. The van der Waals surface area contributed by atoms with Gasteiger partial charge in [0.2, 0.25) is 0 Å². The molecule has 0 saturated carbocycles. The summed E-state index contributed by atoms with van der Waals surface area (Å²) in [6, 6.07) is 18.1. The minimum atomic E-state index is -0.396. The molecule has 0 aliphatic rings. The number of amides is 1. The van der Waals surface area contributed by atoms with Crippen molar-refractivity contribution in [3.8, 4) is 23.0 Å². The maximum absolute atomic E-state index is 12.5. The van der Waals surface area contributed by atoms with Gasteiger partial charge in [0.05, 0.1) is 27.5 Å². The Kier molecular flexibility index (Phi) is 8.10. The van der Waals surface area contributed by atoms with Crippen LogP contribution in [0, 0.1) is 0 Å². The van der Waals surface area contributed by atoms with Gasteiger partial charge in [-0.3, -0.25) is 4.79 Å². The number of hydrazone groups is 1. The molecule has 0 unspecified atom stereocenters. The SMILES string of the molecule is COc1cccc(COc2ccc(Br)cc2C=NNC(=O)c2cc(OC)cc(OC)c2)c1. The summed E-state index contributed by atoms with van der Waals surface area (Å²) < 4.78 is 22.5. The number of nitrogens with zero attached hydrogens (tertiary/aromatic N) is 1. The second-order valence-corrected chi connectivity index (χ2v) is 7.54. The first-order chi connectivity index (χ1) is 15.5. The minimum absolute atomic E-state index is 0.357. The van der Waals surface area contributed by atoms with Crippen LogP contribution in [0.1, 0.15) is 21.5 Å². The third kappa shape index (κ3) is 6.24. The molecule has 7 nitrogen and oxygen atoms in total. The molecule has 1 N–H and O–H groups in total. The first-order valence-corrected chi connectivity index (χ1v) is 10.4. The first-order valence-electron chi connectivity index (χ1n) is 9.64. The van der Waals surface area contributed by atoms with E-state index in [4.69, 9.17) is 18.9 Å². The number of carbonyl (C=O) groups is 1. The molecule has 0 bridgehead atoms. The van der Waals surface area contributed by atoms with Crippen molar-refractivity contribution in [2.75, 3.05) is 21.3 Å². The van der Waals surface area contributed by atoms with E-state index in [9.17, 15) is 4.79 Å². The molecule has 3 aromatic carbocycles. The molecule has 0 saturated heterocycles. The van der Waals surface area contributed by atoms with Gasteiger partial charge in [-0.1, -0.05) is 28.1 Å². The highest BCUT2D eigenvalue weighted by atomic mass is 79.9. The molecule has 0 radical (unpaired) electrons.